The molecule has 3 N–H and O–H groups in total. The van der Waals surface area contributed by atoms with Gasteiger partial charge in [-0.15, -0.1) is 0 Å². The molecule has 4 nitrogen and oxygen atoms in total. The van der Waals surface area contributed by atoms with Crippen LogP contribution in [0.2, 0.25) is 10.0 Å². The summed E-state index contributed by atoms with van der Waals surface area (Å²) in [6.07, 6.45) is 1.50. The van der Waals surface area contributed by atoms with Crippen LogP contribution < -0.4 is 10.5 Å². The van der Waals surface area contributed by atoms with Crippen molar-refractivity contribution in [2.45, 2.75) is 0 Å². The van der Waals surface area contributed by atoms with Crippen LogP contribution in [-0.4, -0.2) is 10.8 Å². The molecular weight excluding hydrogens is 273 g/mol. The molecule has 2 rings (SSSR count). The van der Waals surface area contributed by atoms with E-state index in [4.69, 9.17) is 39.1 Å². The Balaban J connectivity index is 2.31. The number of nitrogens with one attached hydrogen (secondary N) is 1. The summed E-state index contributed by atoms with van der Waals surface area (Å²) < 4.78 is 5.50. The van der Waals surface area contributed by atoms with Gasteiger partial charge in [0.1, 0.15) is 16.6 Å². The van der Waals surface area contributed by atoms with Gasteiger partial charge in [-0.2, -0.15) is 0 Å². The van der Waals surface area contributed by atoms with E-state index in [1.807, 2.05) is 0 Å². The number of ether oxygens (including phenoxy) is 1. The van der Waals surface area contributed by atoms with Crippen molar-refractivity contribution in [3.05, 3.63) is 52.1 Å². The number of hydrogen-bond acceptors (Lipinski definition) is 3. The van der Waals surface area contributed by atoms with Crippen LogP contribution in [0.5, 0.6) is 11.6 Å². The van der Waals surface area contributed by atoms with Crippen molar-refractivity contribution in [1.82, 2.24) is 4.98 Å². The molecule has 1 aromatic heterocycles. The van der Waals surface area contributed by atoms with Gasteiger partial charge in [-0.1, -0.05) is 29.3 Å². The van der Waals surface area contributed by atoms with Crippen molar-refractivity contribution in [1.29, 1.82) is 5.41 Å². The second-order valence-corrected chi connectivity index (χ2v) is 4.24. The Morgan fingerprint density at radius 3 is 2.78 bits per heavy atom. The Hall–Kier alpha value is -1.78. The van der Waals surface area contributed by atoms with E-state index in [1.54, 1.807) is 30.3 Å². The predicted molar refractivity (Wildman–Crippen MR) is 71.8 cm³/mol. The predicted octanol–water partition coefficient (Wildman–Crippen LogP) is 3.46. The average molecular weight is 282 g/mol. The zero-order valence-corrected chi connectivity index (χ0v) is 10.7. The third-order valence-corrected chi connectivity index (χ3v) is 2.98. The Labute approximate surface area is 114 Å². The lowest BCUT2D eigenvalue weighted by atomic mass is 10.2. The van der Waals surface area contributed by atoms with E-state index in [0.717, 1.165) is 0 Å². The van der Waals surface area contributed by atoms with Crippen LogP contribution in [0.3, 0.4) is 0 Å². The summed E-state index contributed by atoms with van der Waals surface area (Å²) in [6.45, 7) is 0. The minimum Gasteiger partial charge on any atom is -0.437 e. The molecule has 1 heterocycles. The van der Waals surface area contributed by atoms with Gasteiger partial charge in [-0.05, 0) is 18.2 Å². The molecule has 0 aliphatic heterocycles. The zero-order chi connectivity index (χ0) is 13.1. The van der Waals surface area contributed by atoms with Crippen LogP contribution in [-0.2, 0) is 0 Å². The molecule has 0 amide bonds. The number of amidine groups is 1. The third kappa shape index (κ3) is 2.72. The van der Waals surface area contributed by atoms with Crippen molar-refractivity contribution in [3.63, 3.8) is 0 Å². The van der Waals surface area contributed by atoms with Gasteiger partial charge in [0.15, 0.2) is 0 Å². The van der Waals surface area contributed by atoms with E-state index in [2.05, 4.69) is 4.98 Å². The largest absolute Gasteiger partial charge is 0.437 e. The lowest BCUT2D eigenvalue weighted by molar-refractivity contribution is 0.463. The van der Waals surface area contributed by atoms with Crippen LogP contribution in [0.4, 0.5) is 0 Å². The molecule has 0 atom stereocenters. The summed E-state index contributed by atoms with van der Waals surface area (Å²) in [4.78, 5) is 4.01. The first-order chi connectivity index (χ1) is 8.58. The summed E-state index contributed by atoms with van der Waals surface area (Å²) in [5.41, 5.74) is 5.91. The van der Waals surface area contributed by atoms with Crippen LogP contribution in [0, 0.1) is 5.41 Å². The maximum Gasteiger partial charge on any atom is 0.219 e. The number of nitrogens with zero attached hydrogens (tertiary/aromatic N) is 1. The lowest BCUT2D eigenvalue weighted by Gasteiger charge is -2.08. The molecule has 6 heteroatoms. The van der Waals surface area contributed by atoms with Gasteiger partial charge in [0.25, 0.3) is 0 Å². The summed E-state index contributed by atoms with van der Waals surface area (Å²) in [7, 11) is 0. The Morgan fingerprint density at radius 1 is 1.28 bits per heavy atom. The second-order valence-electron chi connectivity index (χ2n) is 3.45. The highest BCUT2D eigenvalue weighted by Crippen LogP contribution is 2.33. The highest BCUT2D eigenvalue weighted by Gasteiger charge is 2.08. The molecule has 0 fully saturated rings. The zero-order valence-electron chi connectivity index (χ0n) is 9.15. The van der Waals surface area contributed by atoms with Gasteiger partial charge in [-0.3, -0.25) is 5.41 Å². The Morgan fingerprint density at radius 2 is 2.06 bits per heavy atom. The van der Waals surface area contributed by atoms with E-state index in [0.29, 0.717) is 27.2 Å². The molecular formula is C12H9Cl2N3O. The molecule has 0 unspecified atom stereocenters. The quantitative estimate of drug-likeness (QED) is 0.668. The molecule has 0 bridgehead atoms. The number of rotatable bonds is 3. The van der Waals surface area contributed by atoms with E-state index in [-0.39, 0.29) is 5.84 Å². The van der Waals surface area contributed by atoms with Crippen molar-refractivity contribution < 1.29 is 4.74 Å². The van der Waals surface area contributed by atoms with Crippen LogP contribution >= 0.6 is 23.2 Å². The first-order valence-corrected chi connectivity index (χ1v) is 5.76. The monoisotopic (exact) mass is 281 g/mol. The second kappa shape index (κ2) is 5.25. The number of nitrogens with two attached hydrogens (primary N) is 1. The van der Waals surface area contributed by atoms with E-state index < -0.39 is 0 Å². The van der Waals surface area contributed by atoms with Crippen LogP contribution in [0.25, 0.3) is 0 Å². The van der Waals surface area contributed by atoms with E-state index in [9.17, 15) is 0 Å². The van der Waals surface area contributed by atoms with Gasteiger partial charge in [0, 0.05) is 17.8 Å². The van der Waals surface area contributed by atoms with Crippen molar-refractivity contribution >= 4 is 29.0 Å². The van der Waals surface area contributed by atoms with Crippen molar-refractivity contribution in [2.24, 2.45) is 5.73 Å². The smallest absolute Gasteiger partial charge is 0.219 e. The summed E-state index contributed by atoms with van der Waals surface area (Å²) >= 11 is 11.9. The maximum absolute atomic E-state index is 7.34. The molecule has 2 aromatic rings. The molecule has 1 aromatic carbocycles. The fourth-order valence-corrected chi connectivity index (χ4v) is 1.64. The summed E-state index contributed by atoms with van der Waals surface area (Å²) in [6, 6.07) is 8.24. The lowest BCUT2D eigenvalue weighted by Crippen LogP contribution is -2.11. The van der Waals surface area contributed by atoms with Crippen molar-refractivity contribution in [3.8, 4) is 11.6 Å². The first-order valence-electron chi connectivity index (χ1n) is 5.00. The number of hydrogen-bond donors (Lipinski definition) is 2. The average Bonchev–Trinajstić information content (AvgIpc) is 2.35. The maximum atomic E-state index is 7.34. The first kappa shape index (κ1) is 12.7. The fraction of sp³-hybridized carbons (Fsp3) is 0. The Bertz CT molecular complexity index is 602. The molecule has 92 valence electrons. The SMILES string of the molecule is N=C(N)c1ccnc(Oc2cccc(Cl)c2Cl)c1. The van der Waals surface area contributed by atoms with Gasteiger partial charge >= 0.3 is 0 Å². The van der Waals surface area contributed by atoms with Gasteiger partial charge in [-0.25, -0.2) is 4.98 Å². The van der Waals surface area contributed by atoms with E-state index >= 15 is 0 Å². The molecule has 0 aliphatic rings. The molecule has 0 saturated carbocycles. The van der Waals surface area contributed by atoms with Crippen LogP contribution in [0.15, 0.2) is 36.5 Å². The minimum atomic E-state index is -0.0561. The normalized spacial score (nSPS) is 10.1. The van der Waals surface area contributed by atoms with Crippen LogP contribution in [0.1, 0.15) is 5.56 Å². The fourth-order valence-electron chi connectivity index (χ4n) is 1.31. The standard InChI is InChI=1S/C12H9Cl2N3O/c13-8-2-1-3-9(11(8)14)18-10-6-7(12(15)16)4-5-17-10/h1-6H,(H3,15,16). The number of pyridine rings is 1. The summed E-state index contributed by atoms with van der Waals surface area (Å²) in [5.74, 6) is 0.642. The van der Waals surface area contributed by atoms with Crippen molar-refractivity contribution in [2.75, 3.05) is 0 Å². The molecule has 0 saturated heterocycles. The molecule has 18 heavy (non-hydrogen) atoms. The highest BCUT2D eigenvalue weighted by molar-refractivity contribution is 6.42. The molecule has 0 radical (unpaired) electrons. The Kier molecular flexibility index (Phi) is 3.69. The minimum absolute atomic E-state index is 0.0561. The number of nitrogen functional groups attached to an aromatic ring is 1. The van der Waals surface area contributed by atoms with Gasteiger partial charge in [0.2, 0.25) is 5.88 Å². The van der Waals surface area contributed by atoms with Gasteiger partial charge < -0.3 is 10.5 Å². The topological polar surface area (TPSA) is 72.0 Å². The summed E-state index contributed by atoms with van der Waals surface area (Å²) in [5, 5.41) is 8.05. The molecule has 0 spiro atoms. The highest BCUT2D eigenvalue weighted by atomic mass is 35.5. The number of aromatic nitrogens is 1. The molecule has 0 aliphatic carbocycles. The third-order valence-electron chi connectivity index (χ3n) is 2.18. The van der Waals surface area contributed by atoms with E-state index in [1.165, 1.54) is 6.20 Å². The number of halogens is 2. The van der Waals surface area contributed by atoms with Gasteiger partial charge in [0.05, 0.1) is 5.02 Å². The number of benzene rings is 1.